The highest BCUT2D eigenvalue weighted by atomic mass is 32.1. The number of para-hydroxylation sites is 3. The Labute approximate surface area is 143 Å². The zero-order valence-electron chi connectivity index (χ0n) is 12.5. The van der Waals surface area contributed by atoms with Crippen LogP contribution in [0.25, 0.3) is 21.3 Å². The predicted molar refractivity (Wildman–Crippen MR) is 93.5 cm³/mol. The summed E-state index contributed by atoms with van der Waals surface area (Å²) in [4.78, 5) is 34.0. The van der Waals surface area contributed by atoms with Crippen LogP contribution in [0.4, 0.5) is 10.8 Å². The van der Waals surface area contributed by atoms with Gasteiger partial charge in [0.2, 0.25) is 5.13 Å². The summed E-state index contributed by atoms with van der Waals surface area (Å²) in [6, 6.07) is 12.0. The van der Waals surface area contributed by atoms with Crippen LogP contribution in [0, 0.1) is 10.1 Å². The summed E-state index contributed by atoms with van der Waals surface area (Å²) in [6.45, 7) is 0. The van der Waals surface area contributed by atoms with Crippen molar-refractivity contribution in [2.75, 3.05) is 5.43 Å². The molecule has 4 rings (SSSR count). The lowest BCUT2D eigenvalue weighted by Gasteiger charge is -2.02. The number of aromatic nitrogens is 3. The van der Waals surface area contributed by atoms with E-state index in [1.807, 2.05) is 18.2 Å². The second kappa shape index (κ2) is 5.83. The molecule has 0 saturated carbocycles. The number of nitro benzene ring substituents is 1. The van der Waals surface area contributed by atoms with E-state index in [-0.39, 0.29) is 17.0 Å². The number of nitrogens with one attached hydrogen (secondary N) is 3. The average Bonchev–Trinajstić information content (AvgIpc) is 3.22. The van der Waals surface area contributed by atoms with Gasteiger partial charge in [0, 0.05) is 6.07 Å². The molecule has 0 saturated heterocycles. The number of benzene rings is 2. The first kappa shape index (κ1) is 15.0. The van der Waals surface area contributed by atoms with E-state index >= 15 is 0 Å². The van der Waals surface area contributed by atoms with Crippen LogP contribution in [0.2, 0.25) is 0 Å². The van der Waals surface area contributed by atoms with E-state index < -0.39 is 10.8 Å². The van der Waals surface area contributed by atoms with Gasteiger partial charge in [0.15, 0.2) is 11.3 Å². The van der Waals surface area contributed by atoms with Gasteiger partial charge in [-0.1, -0.05) is 29.5 Å². The summed E-state index contributed by atoms with van der Waals surface area (Å²) < 4.78 is 0.648. The summed E-state index contributed by atoms with van der Waals surface area (Å²) in [6.07, 6.45) is 0. The van der Waals surface area contributed by atoms with Crippen LogP contribution < -0.4 is 10.9 Å². The number of imidazole rings is 1. The smallest absolute Gasteiger partial charge is 0.305 e. The minimum Gasteiger partial charge on any atom is -0.334 e. The van der Waals surface area contributed by atoms with Crippen molar-refractivity contribution in [3.8, 4) is 0 Å². The predicted octanol–water partition coefficient (Wildman–Crippen LogP) is 2.84. The van der Waals surface area contributed by atoms with Crippen molar-refractivity contribution >= 4 is 49.3 Å². The number of non-ortho nitro benzene ring substituents is 1. The van der Waals surface area contributed by atoms with Gasteiger partial charge < -0.3 is 4.98 Å². The Bertz CT molecular complexity index is 1090. The number of fused-ring (bicyclic) bond motifs is 2. The van der Waals surface area contributed by atoms with E-state index in [9.17, 15) is 14.9 Å². The van der Waals surface area contributed by atoms with Crippen molar-refractivity contribution in [2.45, 2.75) is 0 Å². The van der Waals surface area contributed by atoms with E-state index in [4.69, 9.17) is 0 Å². The van der Waals surface area contributed by atoms with E-state index in [0.717, 1.165) is 5.52 Å². The minimum absolute atomic E-state index is 0.0783. The highest BCUT2D eigenvalue weighted by molar-refractivity contribution is 7.22. The van der Waals surface area contributed by atoms with Gasteiger partial charge in [-0.3, -0.25) is 25.8 Å². The first-order valence-electron chi connectivity index (χ1n) is 7.17. The van der Waals surface area contributed by atoms with Crippen molar-refractivity contribution in [3.05, 3.63) is 58.4 Å². The summed E-state index contributed by atoms with van der Waals surface area (Å²) in [5, 5.41) is 11.4. The van der Waals surface area contributed by atoms with Crippen LogP contribution in [0.1, 0.15) is 10.6 Å². The first-order valence-corrected chi connectivity index (χ1v) is 7.98. The number of H-pyrrole nitrogens is 1. The normalized spacial score (nSPS) is 10.9. The van der Waals surface area contributed by atoms with Crippen LogP contribution in [0.5, 0.6) is 0 Å². The van der Waals surface area contributed by atoms with Gasteiger partial charge in [-0.25, -0.2) is 9.97 Å². The standard InChI is InChI=1S/C15H10N6O3S/c22-14(13-16-8-4-1-2-5-9(8)17-13)19-20-15-18-12-10(21(23)24)6-3-7-11(12)25-15/h1-7H,(H,16,17)(H,18,20)(H,19,22). The fraction of sp³-hybridized carbons (Fsp3) is 0. The van der Waals surface area contributed by atoms with Crippen molar-refractivity contribution < 1.29 is 9.72 Å². The number of hydrogen-bond acceptors (Lipinski definition) is 7. The molecule has 2 aromatic carbocycles. The van der Waals surface area contributed by atoms with E-state index in [1.165, 1.54) is 17.4 Å². The van der Waals surface area contributed by atoms with E-state index in [0.29, 0.717) is 15.3 Å². The summed E-state index contributed by atoms with van der Waals surface area (Å²) in [5.74, 6) is -0.314. The van der Waals surface area contributed by atoms with Crippen molar-refractivity contribution in [1.82, 2.24) is 20.4 Å². The molecule has 0 unspecified atom stereocenters. The largest absolute Gasteiger partial charge is 0.334 e. The number of nitro groups is 1. The molecule has 124 valence electrons. The molecule has 2 aromatic heterocycles. The number of rotatable bonds is 4. The topological polar surface area (TPSA) is 126 Å². The summed E-state index contributed by atoms with van der Waals surface area (Å²) >= 11 is 1.20. The zero-order valence-corrected chi connectivity index (χ0v) is 13.3. The molecule has 0 aliphatic carbocycles. The highest BCUT2D eigenvalue weighted by Crippen LogP contribution is 2.31. The molecule has 0 fully saturated rings. The molecular formula is C15H10N6O3S. The summed E-state index contributed by atoms with van der Waals surface area (Å²) in [7, 11) is 0. The number of anilines is 1. The Kier molecular flexibility index (Phi) is 3.51. The Morgan fingerprint density at radius 2 is 2.00 bits per heavy atom. The molecule has 3 N–H and O–H groups in total. The number of carbonyl (C=O) groups excluding carboxylic acids is 1. The number of hydrazine groups is 1. The molecule has 2 heterocycles. The second-order valence-electron chi connectivity index (χ2n) is 5.08. The number of hydrogen-bond donors (Lipinski definition) is 3. The minimum atomic E-state index is -0.487. The maximum atomic E-state index is 12.2. The lowest BCUT2D eigenvalue weighted by Crippen LogP contribution is -2.30. The van der Waals surface area contributed by atoms with E-state index in [2.05, 4.69) is 25.8 Å². The van der Waals surface area contributed by atoms with Crippen LogP contribution in [-0.2, 0) is 0 Å². The molecule has 0 bridgehead atoms. The maximum Gasteiger partial charge on any atom is 0.305 e. The molecule has 9 nitrogen and oxygen atoms in total. The number of nitrogens with zero attached hydrogens (tertiary/aromatic N) is 3. The second-order valence-corrected chi connectivity index (χ2v) is 6.11. The van der Waals surface area contributed by atoms with Gasteiger partial charge in [-0.2, -0.15) is 0 Å². The molecular weight excluding hydrogens is 344 g/mol. The van der Waals surface area contributed by atoms with Gasteiger partial charge >= 0.3 is 5.91 Å². The van der Waals surface area contributed by atoms with Gasteiger partial charge in [0.05, 0.1) is 20.7 Å². The number of aromatic amines is 1. The third kappa shape index (κ3) is 2.74. The number of thiazole rings is 1. The number of carbonyl (C=O) groups is 1. The molecule has 0 aliphatic rings. The molecule has 0 aliphatic heterocycles. The van der Waals surface area contributed by atoms with Crippen LogP contribution >= 0.6 is 11.3 Å². The number of amides is 1. The average molecular weight is 354 g/mol. The fourth-order valence-corrected chi connectivity index (χ4v) is 3.21. The summed E-state index contributed by atoms with van der Waals surface area (Å²) in [5.41, 5.74) is 6.78. The first-order chi connectivity index (χ1) is 12.1. The van der Waals surface area contributed by atoms with Gasteiger partial charge in [0.25, 0.3) is 5.69 Å². The van der Waals surface area contributed by atoms with Crippen molar-refractivity contribution in [1.29, 1.82) is 0 Å². The Morgan fingerprint density at radius 3 is 2.80 bits per heavy atom. The molecule has 0 spiro atoms. The third-order valence-electron chi connectivity index (χ3n) is 3.48. The lowest BCUT2D eigenvalue weighted by atomic mass is 10.3. The van der Waals surface area contributed by atoms with Crippen molar-refractivity contribution in [3.63, 3.8) is 0 Å². The molecule has 1 amide bonds. The lowest BCUT2D eigenvalue weighted by molar-refractivity contribution is -0.383. The Balaban J connectivity index is 1.54. The zero-order chi connectivity index (χ0) is 17.4. The molecule has 25 heavy (non-hydrogen) atoms. The molecule has 0 atom stereocenters. The Morgan fingerprint density at radius 1 is 1.16 bits per heavy atom. The van der Waals surface area contributed by atoms with Crippen LogP contribution in [0.15, 0.2) is 42.5 Å². The van der Waals surface area contributed by atoms with Gasteiger partial charge in [-0.05, 0) is 18.2 Å². The van der Waals surface area contributed by atoms with Crippen molar-refractivity contribution in [2.24, 2.45) is 0 Å². The monoisotopic (exact) mass is 354 g/mol. The van der Waals surface area contributed by atoms with Gasteiger partial charge in [0.1, 0.15) is 0 Å². The quantitative estimate of drug-likeness (QED) is 0.382. The SMILES string of the molecule is O=C(NNc1nc2c([N+](=O)[O-])cccc2s1)c1nc2ccccc2[nH]1. The molecule has 10 heteroatoms. The van der Waals surface area contributed by atoms with Crippen LogP contribution in [-0.4, -0.2) is 25.8 Å². The maximum absolute atomic E-state index is 12.2. The molecule has 4 aromatic rings. The molecule has 0 radical (unpaired) electrons. The van der Waals surface area contributed by atoms with E-state index in [1.54, 1.807) is 18.2 Å². The highest BCUT2D eigenvalue weighted by Gasteiger charge is 2.17. The van der Waals surface area contributed by atoms with Gasteiger partial charge in [-0.15, -0.1) is 0 Å². The fourth-order valence-electron chi connectivity index (χ4n) is 2.36. The third-order valence-corrected chi connectivity index (χ3v) is 4.42. The Hall–Kier alpha value is -3.53. The van der Waals surface area contributed by atoms with Crippen LogP contribution in [0.3, 0.4) is 0 Å².